The fourth-order valence-electron chi connectivity index (χ4n) is 2.73. The molecule has 0 unspecified atom stereocenters. The smallest absolute Gasteiger partial charge is 0.379 e. The van der Waals surface area contributed by atoms with Crippen LogP contribution in [-0.2, 0) is 25.7 Å². The van der Waals surface area contributed by atoms with Gasteiger partial charge in [0.2, 0.25) is 0 Å². The van der Waals surface area contributed by atoms with E-state index in [4.69, 9.17) is 9.47 Å². The molecular weight excluding hydrogens is 428 g/mol. The third-order valence-electron chi connectivity index (χ3n) is 5.17. The van der Waals surface area contributed by atoms with Crippen molar-refractivity contribution < 1.29 is 28.6 Å². The molecular formula is C25H30O6S. The lowest BCUT2D eigenvalue weighted by molar-refractivity contribution is -0.155. The zero-order valence-corrected chi connectivity index (χ0v) is 20.0. The number of aryl methyl sites for hydroxylation is 1. The number of ether oxygens (including phenoxy) is 3. The number of ketones is 1. The highest BCUT2D eigenvalue weighted by Gasteiger charge is 2.27. The molecule has 2 aromatic rings. The Morgan fingerprint density at radius 2 is 1.72 bits per heavy atom. The first kappa shape index (κ1) is 25.5. The number of carbonyl (C=O) groups is 3. The highest BCUT2D eigenvalue weighted by molar-refractivity contribution is 7.99. The number of rotatable bonds is 11. The van der Waals surface area contributed by atoms with Crippen molar-refractivity contribution in [3.05, 3.63) is 59.2 Å². The third kappa shape index (κ3) is 6.85. The van der Waals surface area contributed by atoms with Crippen molar-refractivity contribution in [1.29, 1.82) is 0 Å². The molecule has 6 nitrogen and oxygen atoms in total. The first-order valence-corrected chi connectivity index (χ1v) is 11.4. The lowest BCUT2D eigenvalue weighted by Gasteiger charge is -2.21. The number of hydrogen-bond donors (Lipinski definition) is 0. The van der Waals surface area contributed by atoms with Crippen LogP contribution in [-0.4, -0.2) is 37.2 Å². The lowest BCUT2D eigenvalue weighted by atomic mass is 9.91. The Morgan fingerprint density at radius 1 is 1.03 bits per heavy atom. The summed E-state index contributed by atoms with van der Waals surface area (Å²) in [6, 6.07) is 12.6. The van der Waals surface area contributed by atoms with Crippen molar-refractivity contribution in [3.63, 3.8) is 0 Å². The molecule has 0 aromatic heterocycles. The van der Waals surface area contributed by atoms with Crippen LogP contribution in [0.1, 0.15) is 48.7 Å². The molecule has 0 saturated heterocycles. The summed E-state index contributed by atoms with van der Waals surface area (Å²) in [5.74, 6) is -0.355. The molecule has 0 atom stereocenters. The summed E-state index contributed by atoms with van der Waals surface area (Å²) in [5.41, 5.74) is 1.59. The van der Waals surface area contributed by atoms with Crippen molar-refractivity contribution in [1.82, 2.24) is 0 Å². The van der Waals surface area contributed by atoms with Crippen LogP contribution in [0, 0.1) is 12.3 Å². The van der Waals surface area contributed by atoms with Gasteiger partial charge in [0, 0.05) is 21.8 Å². The molecule has 32 heavy (non-hydrogen) atoms. The fraction of sp³-hybridized carbons (Fsp3) is 0.400. The second kappa shape index (κ2) is 11.7. The van der Waals surface area contributed by atoms with Gasteiger partial charge in [-0.1, -0.05) is 25.1 Å². The predicted molar refractivity (Wildman–Crippen MR) is 124 cm³/mol. The molecule has 0 amide bonds. The van der Waals surface area contributed by atoms with Gasteiger partial charge in [-0.2, -0.15) is 0 Å². The second-order valence-corrected chi connectivity index (χ2v) is 9.09. The molecule has 0 aliphatic rings. The number of thioether (sulfide) groups is 1. The van der Waals surface area contributed by atoms with Gasteiger partial charge >= 0.3 is 11.9 Å². The summed E-state index contributed by atoms with van der Waals surface area (Å²) in [6.45, 7) is 8.30. The van der Waals surface area contributed by atoms with Crippen LogP contribution in [0.15, 0.2) is 47.4 Å². The minimum atomic E-state index is -0.878. The molecule has 2 aromatic carbocycles. The van der Waals surface area contributed by atoms with Crippen LogP contribution >= 0.6 is 11.8 Å². The highest BCUT2D eigenvalue weighted by Crippen LogP contribution is 2.27. The number of Topliss-reactive ketones (excluding diaryl/α,β-unsaturated/α-hetero) is 1. The van der Waals surface area contributed by atoms with E-state index in [1.54, 1.807) is 36.0 Å². The molecule has 0 aliphatic carbocycles. The first-order chi connectivity index (χ1) is 15.2. The second-order valence-electron chi connectivity index (χ2n) is 7.92. The Morgan fingerprint density at radius 3 is 2.34 bits per heavy atom. The standard InChI is InChI=1S/C25H30O6S/c1-6-25(3,4)24(28)31-16-19-9-7-8-17(2)22(19)30-14-15-32-20-12-10-18(11-13-20)21(26)23(27)29-5/h7-13H,6,14-16H2,1-5H3. The molecule has 172 valence electrons. The normalized spacial score (nSPS) is 11.0. The maximum atomic E-state index is 12.3. The van der Waals surface area contributed by atoms with E-state index in [9.17, 15) is 14.4 Å². The number of carbonyl (C=O) groups excluding carboxylic acids is 3. The van der Waals surface area contributed by atoms with Crippen LogP contribution in [0.4, 0.5) is 0 Å². The summed E-state index contributed by atoms with van der Waals surface area (Å²) in [5, 5.41) is 0. The van der Waals surface area contributed by atoms with Crippen LogP contribution in [0.2, 0.25) is 0 Å². The quantitative estimate of drug-likeness (QED) is 0.154. The molecule has 0 aliphatic heterocycles. The number of benzene rings is 2. The summed E-state index contributed by atoms with van der Waals surface area (Å²) < 4.78 is 16.0. The molecule has 0 fully saturated rings. The van der Waals surface area contributed by atoms with Gasteiger partial charge in [-0.15, -0.1) is 11.8 Å². The average Bonchev–Trinajstić information content (AvgIpc) is 2.80. The van der Waals surface area contributed by atoms with E-state index in [-0.39, 0.29) is 12.6 Å². The summed E-state index contributed by atoms with van der Waals surface area (Å²) in [6.07, 6.45) is 0.706. The third-order valence-corrected chi connectivity index (χ3v) is 6.15. The van der Waals surface area contributed by atoms with E-state index in [1.165, 1.54) is 7.11 Å². The van der Waals surface area contributed by atoms with Crippen molar-refractivity contribution in [3.8, 4) is 5.75 Å². The van der Waals surface area contributed by atoms with Gasteiger partial charge in [-0.05, 0) is 57.0 Å². The van der Waals surface area contributed by atoms with Crippen molar-refractivity contribution in [2.45, 2.75) is 45.6 Å². The molecule has 0 radical (unpaired) electrons. The van der Waals surface area contributed by atoms with Crippen LogP contribution < -0.4 is 4.74 Å². The van der Waals surface area contributed by atoms with Crippen molar-refractivity contribution >= 4 is 29.5 Å². The average molecular weight is 459 g/mol. The summed E-state index contributed by atoms with van der Waals surface area (Å²) in [7, 11) is 1.18. The predicted octanol–water partition coefficient (Wildman–Crippen LogP) is 5.00. The van der Waals surface area contributed by atoms with Crippen LogP contribution in [0.25, 0.3) is 0 Å². The van der Waals surface area contributed by atoms with Gasteiger partial charge < -0.3 is 14.2 Å². The molecule has 0 heterocycles. The van der Waals surface area contributed by atoms with Gasteiger partial charge in [0.15, 0.2) is 0 Å². The Hall–Kier alpha value is -2.80. The van der Waals surface area contributed by atoms with E-state index >= 15 is 0 Å². The van der Waals surface area contributed by atoms with Crippen LogP contribution in [0.3, 0.4) is 0 Å². The van der Waals surface area contributed by atoms with Crippen LogP contribution in [0.5, 0.6) is 5.75 Å². The first-order valence-electron chi connectivity index (χ1n) is 10.4. The number of para-hydroxylation sites is 1. The Labute approximate surface area is 193 Å². The maximum absolute atomic E-state index is 12.3. The monoisotopic (exact) mass is 458 g/mol. The van der Waals surface area contributed by atoms with E-state index in [2.05, 4.69) is 4.74 Å². The molecule has 7 heteroatoms. The van der Waals surface area contributed by atoms with Gasteiger partial charge in [-0.25, -0.2) is 4.79 Å². The van der Waals surface area contributed by atoms with Gasteiger partial charge in [0.25, 0.3) is 5.78 Å². The van der Waals surface area contributed by atoms with E-state index < -0.39 is 17.2 Å². The zero-order valence-electron chi connectivity index (χ0n) is 19.2. The maximum Gasteiger partial charge on any atom is 0.379 e. The number of hydrogen-bond acceptors (Lipinski definition) is 7. The highest BCUT2D eigenvalue weighted by atomic mass is 32.2. The van der Waals surface area contributed by atoms with E-state index in [0.717, 1.165) is 21.8 Å². The largest absolute Gasteiger partial charge is 0.492 e. The topological polar surface area (TPSA) is 78.9 Å². The van der Waals surface area contributed by atoms with Gasteiger partial charge in [0.1, 0.15) is 12.4 Å². The molecule has 0 N–H and O–H groups in total. The van der Waals surface area contributed by atoms with Crippen molar-refractivity contribution in [2.24, 2.45) is 5.41 Å². The fourth-order valence-corrected chi connectivity index (χ4v) is 3.46. The molecule has 0 bridgehead atoms. The minimum absolute atomic E-state index is 0.169. The van der Waals surface area contributed by atoms with Gasteiger partial charge in [0.05, 0.1) is 19.1 Å². The lowest BCUT2D eigenvalue weighted by Crippen LogP contribution is -2.25. The molecule has 0 saturated carbocycles. The Balaban J connectivity index is 1.91. The van der Waals surface area contributed by atoms with Gasteiger partial charge in [-0.3, -0.25) is 9.59 Å². The summed E-state index contributed by atoms with van der Waals surface area (Å²) in [4.78, 5) is 36.4. The Bertz CT molecular complexity index is 949. The molecule has 0 spiro atoms. The summed E-state index contributed by atoms with van der Waals surface area (Å²) >= 11 is 1.57. The zero-order chi connectivity index (χ0) is 23.7. The van der Waals surface area contributed by atoms with E-state index in [1.807, 2.05) is 45.9 Å². The van der Waals surface area contributed by atoms with E-state index in [0.29, 0.717) is 24.3 Å². The number of esters is 2. The number of methoxy groups -OCH3 is 1. The SMILES string of the molecule is CCC(C)(C)C(=O)OCc1cccc(C)c1OCCSc1ccc(C(=O)C(=O)OC)cc1. The van der Waals surface area contributed by atoms with Crippen molar-refractivity contribution in [2.75, 3.05) is 19.5 Å². The Kier molecular flexibility index (Phi) is 9.32. The minimum Gasteiger partial charge on any atom is -0.492 e. The molecule has 2 rings (SSSR count).